The van der Waals surface area contributed by atoms with Crippen LogP contribution < -0.4 is 5.32 Å². The number of halogens is 2. The normalized spacial score (nSPS) is 16.4. The summed E-state index contributed by atoms with van der Waals surface area (Å²) in [6, 6.07) is 4.06. The van der Waals surface area contributed by atoms with E-state index in [2.05, 4.69) is 44.1 Å². The molecule has 0 amide bonds. The molecule has 0 heterocycles. The standard InChI is InChI=1S/C15H19Br2NO2/c1-9(6-10-4-3-5-10)18-14-12(15(19)20-2)7-11(16)8-13(14)17/h7-10,18H,3-6H2,1-2H3. The highest BCUT2D eigenvalue weighted by molar-refractivity contribution is 9.11. The first-order chi connectivity index (χ1) is 9.51. The summed E-state index contributed by atoms with van der Waals surface area (Å²) in [7, 11) is 1.40. The largest absolute Gasteiger partial charge is 0.465 e. The van der Waals surface area contributed by atoms with Gasteiger partial charge in [-0.15, -0.1) is 0 Å². The molecule has 0 spiro atoms. The quantitative estimate of drug-likeness (QED) is 0.702. The molecule has 2 rings (SSSR count). The van der Waals surface area contributed by atoms with Crippen molar-refractivity contribution in [1.82, 2.24) is 0 Å². The molecule has 5 heteroatoms. The summed E-state index contributed by atoms with van der Waals surface area (Å²) in [5.41, 5.74) is 1.36. The van der Waals surface area contributed by atoms with Crippen molar-refractivity contribution in [3.63, 3.8) is 0 Å². The molecule has 1 aromatic carbocycles. The van der Waals surface area contributed by atoms with E-state index in [1.54, 1.807) is 6.07 Å². The van der Waals surface area contributed by atoms with Gasteiger partial charge in [0.2, 0.25) is 0 Å². The van der Waals surface area contributed by atoms with Crippen LogP contribution in [-0.4, -0.2) is 19.1 Å². The Kier molecular flexibility index (Phi) is 5.49. The molecule has 0 aromatic heterocycles. The van der Waals surface area contributed by atoms with Crippen molar-refractivity contribution in [2.45, 2.75) is 38.6 Å². The number of carbonyl (C=O) groups excluding carboxylic acids is 1. The number of hydrogen-bond acceptors (Lipinski definition) is 3. The Morgan fingerprint density at radius 3 is 2.70 bits per heavy atom. The molecular formula is C15H19Br2NO2. The number of hydrogen-bond donors (Lipinski definition) is 1. The van der Waals surface area contributed by atoms with E-state index in [1.165, 1.54) is 26.4 Å². The molecule has 1 saturated carbocycles. The topological polar surface area (TPSA) is 38.3 Å². The lowest BCUT2D eigenvalue weighted by Crippen LogP contribution is -2.24. The Hall–Kier alpha value is -0.550. The van der Waals surface area contributed by atoms with Crippen LogP contribution in [0.4, 0.5) is 5.69 Å². The molecule has 3 nitrogen and oxygen atoms in total. The number of benzene rings is 1. The average molecular weight is 405 g/mol. The van der Waals surface area contributed by atoms with Gasteiger partial charge in [-0.2, -0.15) is 0 Å². The molecule has 110 valence electrons. The monoisotopic (exact) mass is 403 g/mol. The minimum atomic E-state index is -0.328. The zero-order valence-electron chi connectivity index (χ0n) is 11.7. The first kappa shape index (κ1) is 15.8. The number of rotatable bonds is 5. The molecule has 20 heavy (non-hydrogen) atoms. The van der Waals surface area contributed by atoms with Crippen molar-refractivity contribution in [3.05, 3.63) is 26.6 Å². The van der Waals surface area contributed by atoms with Crippen LogP contribution in [0.2, 0.25) is 0 Å². The third kappa shape index (κ3) is 3.76. The third-order valence-corrected chi connectivity index (χ3v) is 4.85. The number of carbonyl (C=O) groups is 1. The van der Waals surface area contributed by atoms with E-state index in [9.17, 15) is 4.79 Å². The predicted molar refractivity (Wildman–Crippen MR) is 88.2 cm³/mol. The maximum absolute atomic E-state index is 11.9. The smallest absolute Gasteiger partial charge is 0.340 e. The Labute approximate surface area is 136 Å². The summed E-state index contributed by atoms with van der Waals surface area (Å²) in [5.74, 6) is 0.499. The van der Waals surface area contributed by atoms with E-state index in [-0.39, 0.29) is 5.97 Å². The molecule has 0 saturated heterocycles. The molecule has 1 aliphatic rings. The van der Waals surface area contributed by atoms with Crippen molar-refractivity contribution >= 4 is 43.5 Å². The zero-order valence-corrected chi connectivity index (χ0v) is 14.9. The Morgan fingerprint density at radius 1 is 1.45 bits per heavy atom. The number of nitrogens with one attached hydrogen (secondary N) is 1. The fourth-order valence-electron chi connectivity index (χ4n) is 2.53. The predicted octanol–water partition coefficient (Wildman–Crippen LogP) is 4.99. The highest BCUT2D eigenvalue weighted by Crippen LogP contribution is 2.34. The van der Waals surface area contributed by atoms with Crippen LogP contribution in [0.1, 0.15) is 43.0 Å². The van der Waals surface area contributed by atoms with Gasteiger partial charge in [0.25, 0.3) is 0 Å². The van der Waals surface area contributed by atoms with Gasteiger partial charge in [-0.25, -0.2) is 4.79 Å². The summed E-state index contributed by atoms with van der Waals surface area (Å²) in [6.45, 7) is 2.16. The zero-order chi connectivity index (χ0) is 14.7. The Balaban J connectivity index is 2.17. The highest BCUT2D eigenvalue weighted by atomic mass is 79.9. The first-order valence-corrected chi connectivity index (χ1v) is 8.43. The minimum Gasteiger partial charge on any atom is -0.465 e. The van der Waals surface area contributed by atoms with E-state index in [1.807, 2.05) is 6.07 Å². The second kappa shape index (κ2) is 6.94. The molecule has 1 fully saturated rings. The Morgan fingerprint density at radius 2 is 2.15 bits per heavy atom. The van der Waals surface area contributed by atoms with Gasteiger partial charge in [0.15, 0.2) is 0 Å². The van der Waals surface area contributed by atoms with Crippen molar-refractivity contribution < 1.29 is 9.53 Å². The lowest BCUT2D eigenvalue weighted by Gasteiger charge is -2.29. The SMILES string of the molecule is COC(=O)c1cc(Br)cc(Br)c1NC(C)CC1CCC1. The van der Waals surface area contributed by atoms with Crippen LogP contribution in [0.5, 0.6) is 0 Å². The fraction of sp³-hybridized carbons (Fsp3) is 0.533. The molecule has 0 bridgehead atoms. The number of methoxy groups -OCH3 is 1. The van der Waals surface area contributed by atoms with Crippen LogP contribution in [0.25, 0.3) is 0 Å². The second-order valence-corrected chi connectivity index (χ2v) is 7.15. The average Bonchev–Trinajstić information content (AvgIpc) is 2.36. The van der Waals surface area contributed by atoms with Crippen molar-refractivity contribution in [2.24, 2.45) is 5.92 Å². The molecule has 1 atom stereocenters. The molecule has 0 aliphatic heterocycles. The van der Waals surface area contributed by atoms with Crippen molar-refractivity contribution in [2.75, 3.05) is 12.4 Å². The van der Waals surface area contributed by atoms with E-state index in [0.29, 0.717) is 11.6 Å². The first-order valence-electron chi connectivity index (χ1n) is 6.85. The molecule has 1 unspecified atom stereocenters. The van der Waals surface area contributed by atoms with Crippen LogP contribution in [0, 0.1) is 5.92 Å². The maximum Gasteiger partial charge on any atom is 0.340 e. The van der Waals surface area contributed by atoms with E-state index >= 15 is 0 Å². The van der Waals surface area contributed by atoms with Crippen LogP contribution in [0.15, 0.2) is 21.1 Å². The lowest BCUT2D eigenvalue weighted by atomic mass is 9.81. The van der Waals surface area contributed by atoms with E-state index < -0.39 is 0 Å². The van der Waals surface area contributed by atoms with Crippen LogP contribution in [-0.2, 0) is 4.74 Å². The molecule has 1 N–H and O–H groups in total. The summed E-state index contributed by atoms with van der Waals surface area (Å²) in [5, 5.41) is 3.45. The van der Waals surface area contributed by atoms with Gasteiger partial charge in [-0.1, -0.05) is 35.2 Å². The summed E-state index contributed by atoms with van der Waals surface area (Å²) < 4.78 is 6.58. The van der Waals surface area contributed by atoms with Crippen LogP contribution >= 0.6 is 31.9 Å². The maximum atomic E-state index is 11.9. The minimum absolute atomic E-state index is 0.328. The molecular weight excluding hydrogens is 386 g/mol. The highest BCUT2D eigenvalue weighted by Gasteiger charge is 2.22. The summed E-state index contributed by atoms with van der Waals surface area (Å²) in [4.78, 5) is 11.9. The third-order valence-electron chi connectivity index (χ3n) is 3.76. The molecule has 1 aliphatic carbocycles. The van der Waals surface area contributed by atoms with Gasteiger partial charge in [-0.3, -0.25) is 0 Å². The molecule has 1 aromatic rings. The Bertz CT molecular complexity index is 501. The number of esters is 1. The van der Waals surface area contributed by atoms with Gasteiger partial charge in [-0.05, 0) is 47.3 Å². The van der Waals surface area contributed by atoms with Gasteiger partial charge in [0.05, 0.1) is 18.4 Å². The van der Waals surface area contributed by atoms with Gasteiger partial charge in [0, 0.05) is 15.0 Å². The van der Waals surface area contributed by atoms with Gasteiger partial charge in [0.1, 0.15) is 0 Å². The van der Waals surface area contributed by atoms with Gasteiger partial charge >= 0.3 is 5.97 Å². The lowest BCUT2D eigenvalue weighted by molar-refractivity contribution is 0.0601. The fourth-order valence-corrected chi connectivity index (χ4v) is 3.86. The van der Waals surface area contributed by atoms with Crippen molar-refractivity contribution in [1.29, 1.82) is 0 Å². The summed E-state index contributed by atoms with van der Waals surface area (Å²) >= 11 is 6.93. The second-order valence-electron chi connectivity index (χ2n) is 5.38. The van der Waals surface area contributed by atoms with E-state index in [0.717, 1.165) is 27.0 Å². The number of ether oxygens (including phenoxy) is 1. The van der Waals surface area contributed by atoms with Crippen LogP contribution in [0.3, 0.4) is 0 Å². The van der Waals surface area contributed by atoms with Gasteiger partial charge < -0.3 is 10.1 Å². The summed E-state index contributed by atoms with van der Waals surface area (Å²) in [6.07, 6.45) is 5.16. The van der Waals surface area contributed by atoms with Crippen molar-refractivity contribution in [3.8, 4) is 0 Å². The molecule has 0 radical (unpaired) electrons. The number of anilines is 1. The van der Waals surface area contributed by atoms with E-state index in [4.69, 9.17) is 4.74 Å².